The van der Waals surface area contributed by atoms with Gasteiger partial charge in [0.25, 0.3) is 0 Å². The van der Waals surface area contributed by atoms with Gasteiger partial charge in [0, 0.05) is 12.3 Å². The molecule has 78 valence electrons. The molecule has 1 rings (SSSR count). The van der Waals surface area contributed by atoms with Gasteiger partial charge in [0.2, 0.25) is 0 Å². The lowest BCUT2D eigenvalue weighted by molar-refractivity contribution is -0.143. The summed E-state index contributed by atoms with van der Waals surface area (Å²) in [6.07, 6.45) is 0.704. The zero-order valence-corrected chi connectivity index (χ0v) is 8.28. The lowest BCUT2D eigenvalue weighted by atomic mass is 10.0. The molecule has 1 aliphatic heterocycles. The third kappa shape index (κ3) is 2.31. The smallest absolute Gasteiger partial charge is 0.314 e. The Hall–Kier alpha value is -1.39. The number of hydrogen-bond donors (Lipinski definition) is 0. The van der Waals surface area contributed by atoms with E-state index < -0.39 is 0 Å². The highest BCUT2D eigenvalue weighted by molar-refractivity contribution is 6.09. The zero-order chi connectivity index (χ0) is 10.6. The number of hydrogen-bond acceptors (Lipinski definition) is 5. The second-order valence-electron chi connectivity index (χ2n) is 2.99. The average Bonchev–Trinajstić information content (AvgIpc) is 2.64. The van der Waals surface area contributed by atoms with Gasteiger partial charge in [-0.15, -0.1) is 0 Å². The third-order valence-corrected chi connectivity index (χ3v) is 2.17. The summed E-state index contributed by atoms with van der Waals surface area (Å²) in [4.78, 5) is 26.3. The first-order valence-corrected chi connectivity index (χ1v) is 4.37. The van der Waals surface area contributed by atoms with Crippen molar-refractivity contribution in [2.75, 3.05) is 20.8 Å². The van der Waals surface area contributed by atoms with Crippen molar-refractivity contribution in [3.63, 3.8) is 0 Å². The molecule has 1 unspecified atom stereocenters. The predicted octanol–water partition coefficient (Wildman–Crippen LogP) is 0.183. The number of aliphatic imine (C=N–C) groups is 1. The molecule has 0 aromatic carbocycles. The van der Waals surface area contributed by atoms with E-state index in [9.17, 15) is 9.59 Å². The van der Waals surface area contributed by atoms with E-state index in [1.165, 1.54) is 14.2 Å². The van der Waals surface area contributed by atoms with Crippen LogP contribution in [0.5, 0.6) is 0 Å². The van der Waals surface area contributed by atoms with Crippen LogP contribution in [0.4, 0.5) is 0 Å². The quantitative estimate of drug-likeness (QED) is 0.608. The molecular formula is C9H13NO4. The van der Waals surface area contributed by atoms with Crippen LogP contribution in [0.3, 0.4) is 0 Å². The highest BCUT2D eigenvalue weighted by Gasteiger charge is 2.30. The van der Waals surface area contributed by atoms with Gasteiger partial charge in [0.1, 0.15) is 0 Å². The van der Waals surface area contributed by atoms with Crippen LogP contribution >= 0.6 is 0 Å². The van der Waals surface area contributed by atoms with Gasteiger partial charge < -0.3 is 9.47 Å². The van der Waals surface area contributed by atoms with Crippen molar-refractivity contribution in [2.45, 2.75) is 12.8 Å². The Morgan fingerprint density at radius 1 is 1.43 bits per heavy atom. The van der Waals surface area contributed by atoms with Crippen LogP contribution < -0.4 is 0 Å². The summed E-state index contributed by atoms with van der Waals surface area (Å²) in [6.45, 7) is 0.575. The van der Waals surface area contributed by atoms with Crippen molar-refractivity contribution in [3.8, 4) is 0 Å². The molecule has 0 amide bonds. The second kappa shape index (κ2) is 4.74. The van der Waals surface area contributed by atoms with Gasteiger partial charge in [0.15, 0.2) is 0 Å². The molecule has 0 bridgehead atoms. The summed E-state index contributed by atoms with van der Waals surface area (Å²) < 4.78 is 9.11. The van der Waals surface area contributed by atoms with Crippen molar-refractivity contribution in [2.24, 2.45) is 10.9 Å². The summed E-state index contributed by atoms with van der Waals surface area (Å²) in [5.74, 6) is -1.07. The lowest BCUT2D eigenvalue weighted by Crippen LogP contribution is -2.24. The first kappa shape index (κ1) is 10.7. The molecule has 0 spiro atoms. The Morgan fingerprint density at radius 3 is 2.71 bits per heavy atom. The fourth-order valence-electron chi connectivity index (χ4n) is 1.41. The van der Waals surface area contributed by atoms with E-state index >= 15 is 0 Å². The van der Waals surface area contributed by atoms with Gasteiger partial charge in [-0.25, -0.2) is 0 Å². The maximum atomic E-state index is 11.2. The van der Waals surface area contributed by atoms with Gasteiger partial charge in [-0.2, -0.15) is 0 Å². The Bertz CT molecular complexity index is 272. The molecule has 5 nitrogen and oxygen atoms in total. The normalized spacial score (nSPS) is 20.1. The Labute approximate surface area is 82.1 Å². The van der Waals surface area contributed by atoms with Crippen LogP contribution in [-0.4, -0.2) is 38.4 Å². The van der Waals surface area contributed by atoms with Crippen molar-refractivity contribution in [3.05, 3.63) is 0 Å². The maximum absolute atomic E-state index is 11.2. The number of ether oxygens (including phenoxy) is 2. The standard InChI is InChI=1S/C9H13NO4/c1-13-8(11)5-7-6(3-4-10-7)9(12)14-2/h6H,3-5H2,1-2H3. The number of esters is 2. The van der Waals surface area contributed by atoms with E-state index in [2.05, 4.69) is 14.5 Å². The highest BCUT2D eigenvalue weighted by atomic mass is 16.5. The van der Waals surface area contributed by atoms with E-state index in [1.807, 2.05) is 0 Å². The van der Waals surface area contributed by atoms with Crippen molar-refractivity contribution in [1.29, 1.82) is 0 Å². The van der Waals surface area contributed by atoms with Gasteiger partial charge in [0.05, 0.1) is 26.6 Å². The van der Waals surface area contributed by atoms with Gasteiger partial charge >= 0.3 is 11.9 Å². The maximum Gasteiger partial charge on any atom is 0.314 e. The van der Waals surface area contributed by atoms with Gasteiger partial charge in [-0.3, -0.25) is 14.6 Å². The topological polar surface area (TPSA) is 65.0 Å². The highest BCUT2D eigenvalue weighted by Crippen LogP contribution is 2.18. The Kier molecular flexibility index (Phi) is 3.62. The molecule has 0 fully saturated rings. The Balaban J connectivity index is 2.59. The first-order valence-electron chi connectivity index (χ1n) is 4.37. The monoisotopic (exact) mass is 199 g/mol. The zero-order valence-electron chi connectivity index (χ0n) is 8.28. The van der Waals surface area contributed by atoms with Crippen molar-refractivity contribution in [1.82, 2.24) is 0 Å². The minimum atomic E-state index is -0.375. The number of nitrogens with zero attached hydrogens (tertiary/aromatic N) is 1. The summed E-state index contributed by atoms with van der Waals surface area (Å²) in [6, 6.07) is 0. The SMILES string of the molecule is COC(=O)CC1=NCCC1C(=O)OC. The minimum Gasteiger partial charge on any atom is -0.469 e. The second-order valence-corrected chi connectivity index (χ2v) is 2.99. The van der Waals surface area contributed by atoms with Crippen LogP contribution in [0, 0.1) is 5.92 Å². The molecule has 0 saturated heterocycles. The summed E-state index contributed by atoms with van der Waals surface area (Å²) in [5.41, 5.74) is 0.573. The van der Waals surface area contributed by atoms with E-state index in [-0.39, 0.29) is 24.3 Å². The fraction of sp³-hybridized carbons (Fsp3) is 0.667. The lowest BCUT2D eigenvalue weighted by Gasteiger charge is -2.09. The van der Waals surface area contributed by atoms with Gasteiger partial charge in [-0.05, 0) is 6.42 Å². The van der Waals surface area contributed by atoms with Crippen molar-refractivity contribution < 1.29 is 19.1 Å². The van der Waals surface area contributed by atoms with Crippen LogP contribution in [0.2, 0.25) is 0 Å². The van der Waals surface area contributed by atoms with Crippen LogP contribution in [0.25, 0.3) is 0 Å². The molecule has 1 aliphatic rings. The number of carbonyl (C=O) groups is 2. The molecule has 1 atom stereocenters. The molecular weight excluding hydrogens is 186 g/mol. The predicted molar refractivity (Wildman–Crippen MR) is 49.1 cm³/mol. The molecule has 14 heavy (non-hydrogen) atoms. The fourth-order valence-corrected chi connectivity index (χ4v) is 1.41. The first-order chi connectivity index (χ1) is 6.69. The molecule has 1 heterocycles. The molecule has 5 heteroatoms. The molecule has 0 saturated carbocycles. The van der Waals surface area contributed by atoms with Crippen molar-refractivity contribution >= 4 is 17.7 Å². The Morgan fingerprint density at radius 2 is 2.14 bits per heavy atom. The summed E-state index contributed by atoms with van der Waals surface area (Å²) in [5, 5.41) is 0. The average molecular weight is 199 g/mol. The molecule has 0 N–H and O–H groups in total. The van der Waals surface area contributed by atoms with E-state index in [0.717, 1.165) is 0 Å². The molecule has 0 radical (unpaired) electrons. The third-order valence-electron chi connectivity index (χ3n) is 2.17. The number of carbonyl (C=O) groups excluding carboxylic acids is 2. The van der Waals surface area contributed by atoms with Gasteiger partial charge in [-0.1, -0.05) is 0 Å². The molecule has 0 aliphatic carbocycles. The number of methoxy groups -OCH3 is 2. The van der Waals surface area contributed by atoms with E-state index in [1.54, 1.807) is 0 Å². The largest absolute Gasteiger partial charge is 0.469 e. The molecule has 0 aromatic heterocycles. The van der Waals surface area contributed by atoms with E-state index in [4.69, 9.17) is 0 Å². The molecule has 0 aromatic rings. The van der Waals surface area contributed by atoms with Crippen LogP contribution in [-0.2, 0) is 19.1 Å². The summed E-state index contributed by atoms with van der Waals surface area (Å²) in [7, 11) is 2.64. The van der Waals surface area contributed by atoms with E-state index in [0.29, 0.717) is 18.7 Å². The minimum absolute atomic E-state index is 0.0796. The van der Waals surface area contributed by atoms with Crippen LogP contribution in [0.15, 0.2) is 4.99 Å². The number of rotatable bonds is 3. The van der Waals surface area contributed by atoms with Crippen LogP contribution in [0.1, 0.15) is 12.8 Å². The summed E-state index contributed by atoms with van der Waals surface area (Å²) >= 11 is 0.